The molecule has 0 saturated heterocycles. The van der Waals surface area contributed by atoms with Gasteiger partial charge in [0, 0.05) is 24.4 Å². The number of hydrogen-bond acceptors (Lipinski definition) is 3. The van der Waals surface area contributed by atoms with Gasteiger partial charge < -0.3 is 5.32 Å². The molecule has 0 spiro atoms. The van der Waals surface area contributed by atoms with Gasteiger partial charge in [0.05, 0.1) is 12.1 Å². The van der Waals surface area contributed by atoms with Gasteiger partial charge in [0.2, 0.25) is 5.91 Å². The van der Waals surface area contributed by atoms with E-state index in [0.29, 0.717) is 5.69 Å². The second-order valence-corrected chi connectivity index (χ2v) is 4.66. The Bertz CT molecular complexity index is 671. The lowest BCUT2D eigenvalue weighted by atomic mass is 10.1. The number of aryl methyl sites for hydroxylation is 2. The highest BCUT2D eigenvalue weighted by Crippen LogP contribution is 2.28. The lowest BCUT2D eigenvalue weighted by Crippen LogP contribution is -2.15. The smallest absolute Gasteiger partial charge is 0.309 e. The lowest BCUT2D eigenvalue weighted by Gasteiger charge is -2.03. The van der Waals surface area contributed by atoms with Crippen molar-refractivity contribution in [2.24, 2.45) is 7.05 Å². The number of H-pyrrole nitrogens is 1. The number of hydrogen-bond donors (Lipinski definition) is 2. The molecule has 0 aromatic carbocycles. The average molecular weight is 301 g/mol. The summed E-state index contributed by atoms with van der Waals surface area (Å²) in [6.07, 6.45) is -4.49. The molecule has 0 bridgehead atoms. The minimum Gasteiger partial charge on any atom is -0.309 e. The van der Waals surface area contributed by atoms with Crippen LogP contribution in [0.1, 0.15) is 22.6 Å². The molecule has 0 saturated carbocycles. The quantitative estimate of drug-likeness (QED) is 0.910. The summed E-state index contributed by atoms with van der Waals surface area (Å²) in [6.45, 7) is 3.59. The lowest BCUT2D eigenvalue weighted by molar-refractivity contribution is -0.141. The molecule has 0 aliphatic rings. The third-order valence-electron chi connectivity index (χ3n) is 3.15. The van der Waals surface area contributed by atoms with Gasteiger partial charge in [-0.25, -0.2) is 0 Å². The van der Waals surface area contributed by atoms with Crippen molar-refractivity contribution in [3.63, 3.8) is 0 Å². The van der Waals surface area contributed by atoms with Crippen molar-refractivity contribution < 1.29 is 18.0 Å². The third-order valence-corrected chi connectivity index (χ3v) is 3.15. The molecule has 2 aromatic rings. The standard InChI is InChI=1S/C12H14F3N5O/c1-6-8(7(2)20(3)19-6)4-11(21)16-10-5-9(17-18-10)12(13,14)15/h5H,4H2,1-3H3,(H2,16,17,18,21). The second-order valence-electron chi connectivity index (χ2n) is 4.66. The van der Waals surface area contributed by atoms with Crippen LogP contribution >= 0.6 is 0 Å². The van der Waals surface area contributed by atoms with Crippen LogP contribution in [0.3, 0.4) is 0 Å². The molecule has 2 rings (SSSR count). The Balaban J connectivity index is 2.07. The molecule has 2 N–H and O–H groups in total. The van der Waals surface area contributed by atoms with Crippen LogP contribution in [-0.4, -0.2) is 25.9 Å². The van der Waals surface area contributed by atoms with Crippen molar-refractivity contribution in [1.82, 2.24) is 20.0 Å². The number of anilines is 1. The Morgan fingerprint density at radius 1 is 1.43 bits per heavy atom. The average Bonchev–Trinajstić information content (AvgIpc) is 2.90. The molecule has 0 radical (unpaired) electrons. The van der Waals surface area contributed by atoms with Crippen LogP contribution in [0.15, 0.2) is 6.07 Å². The first kappa shape index (κ1) is 15.1. The van der Waals surface area contributed by atoms with Crippen molar-refractivity contribution in [2.45, 2.75) is 26.4 Å². The van der Waals surface area contributed by atoms with E-state index in [-0.39, 0.29) is 12.2 Å². The molecule has 0 fully saturated rings. The van der Waals surface area contributed by atoms with Crippen LogP contribution in [0.25, 0.3) is 0 Å². The number of alkyl halides is 3. The number of rotatable bonds is 3. The maximum absolute atomic E-state index is 12.4. The Labute approximate surface area is 118 Å². The zero-order valence-electron chi connectivity index (χ0n) is 11.7. The predicted octanol–water partition coefficient (Wildman–Crippen LogP) is 1.96. The number of nitrogens with zero attached hydrogens (tertiary/aromatic N) is 3. The fraction of sp³-hybridized carbons (Fsp3) is 0.417. The van der Waals surface area contributed by atoms with Crippen LogP contribution < -0.4 is 5.32 Å². The number of nitrogens with one attached hydrogen (secondary N) is 2. The summed E-state index contributed by atoms with van der Waals surface area (Å²) in [5.41, 5.74) is 1.29. The van der Waals surface area contributed by atoms with Gasteiger partial charge in [-0.1, -0.05) is 0 Å². The van der Waals surface area contributed by atoms with Gasteiger partial charge >= 0.3 is 6.18 Å². The zero-order chi connectivity index (χ0) is 15.8. The SMILES string of the molecule is Cc1nn(C)c(C)c1CC(=O)Nc1cc(C(F)(F)F)[nH]n1. The number of aromatic nitrogens is 4. The fourth-order valence-electron chi connectivity index (χ4n) is 1.95. The third kappa shape index (κ3) is 3.23. The molecule has 2 heterocycles. The predicted molar refractivity (Wildman–Crippen MR) is 68.6 cm³/mol. The van der Waals surface area contributed by atoms with E-state index < -0.39 is 17.8 Å². The maximum Gasteiger partial charge on any atom is 0.432 e. The maximum atomic E-state index is 12.4. The summed E-state index contributed by atoms with van der Waals surface area (Å²) in [6, 6.07) is 0.751. The van der Waals surface area contributed by atoms with Crippen molar-refractivity contribution in [2.75, 3.05) is 5.32 Å². The van der Waals surface area contributed by atoms with Gasteiger partial charge in [0.25, 0.3) is 0 Å². The Hall–Kier alpha value is -2.32. The highest BCUT2D eigenvalue weighted by molar-refractivity contribution is 5.91. The largest absolute Gasteiger partial charge is 0.432 e. The number of carbonyl (C=O) groups excluding carboxylic acids is 1. The molecule has 0 aliphatic heterocycles. The van der Waals surface area contributed by atoms with Crippen LogP contribution in [0.5, 0.6) is 0 Å². The molecular weight excluding hydrogens is 287 g/mol. The molecule has 114 valence electrons. The minimum absolute atomic E-state index is 0.0275. The zero-order valence-corrected chi connectivity index (χ0v) is 11.7. The van der Waals surface area contributed by atoms with Crippen LogP contribution in [-0.2, 0) is 24.4 Å². The van der Waals surface area contributed by atoms with Gasteiger partial charge in [-0.05, 0) is 13.8 Å². The van der Waals surface area contributed by atoms with E-state index in [4.69, 9.17) is 0 Å². The summed E-state index contributed by atoms with van der Waals surface area (Å²) in [7, 11) is 1.76. The molecular formula is C12H14F3N5O. The van der Waals surface area contributed by atoms with E-state index in [1.807, 2.05) is 12.0 Å². The van der Waals surface area contributed by atoms with Gasteiger partial charge in [0.15, 0.2) is 5.82 Å². The fourth-order valence-corrected chi connectivity index (χ4v) is 1.95. The van der Waals surface area contributed by atoms with E-state index in [1.165, 1.54) is 0 Å². The monoisotopic (exact) mass is 301 g/mol. The topological polar surface area (TPSA) is 75.6 Å². The summed E-state index contributed by atoms with van der Waals surface area (Å²) in [5.74, 6) is -0.610. The van der Waals surface area contributed by atoms with Crippen molar-refractivity contribution >= 4 is 11.7 Å². The van der Waals surface area contributed by atoms with Crippen molar-refractivity contribution in [1.29, 1.82) is 0 Å². The first-order valence-corrected chi connectivity index (χ1v) is 6.10. The highest BCUT2D eigenvalue weighted by atomic mass is 19.4. The summed E-state index contributed by atoms with van der Waals surface area (Å²) < 4.78 is 38.8. The normalized spacial score (nSPS) is 11.7. The number of carbonyl (C=O) groups is 1. The van der Waals surface area contributed by atoms with Crippen LogP contribution in [0.2, 0.25) is 0 Å². The van der Waals surface area contributed by atoms with Gasteiger partial charge in [-0.3, -0.25) is 14.6 Å². The molecule has 21 heavy (non-hydrogen) atoms. The second kappa shape index (κ2) is 5.23. The summed E-state index contributed by atoms with van der Waals surface area (Å²) >= 11 is 0. The summed E-state index contributed by atoms with van der Waals surface area (Å²) in [5, 5.41) is 11.8. The number of amides is 1. The molecule has 1 amide bonds. The summed E-state index contributed by atoms with van der Waals surface area (Å²) in [4.78, 5) is 11.9. The number of aromatic amines is 1. The Kier molecular flexibility index (Phi) is 3.75. The molecule has 0 atom stereocenters. The number of halogens is 3. The van der Waals surface area contributed by atoms with Gasteiger partial charge in [-0.2, -0.15) is 23.4 Å². The van der Waals surface area contributed by atoms with E-state index in [2.05, 4.69) is 15.5 Å². The van der Waals surface area contributed by atoms with Gasteiger partial charge in [0.1, 0.15) is 5.69 Å². The highest BCUT2D eigenvalue weighted by Gasteiger charge is 2.33. The molecule has 2 aromatic heterocycles. The van der Waals surface area contributed by atoms with E-state index in [0.717, 1.165) is 17.3 Å². The van der Waals surface area contributed by atoms with Crippen LogP contribution in [0.4, 0.5) is 19.0 Å². The van der Waals surface area contributed by atoms with Crippen molar-refractivity contribution in [3.8, 4) is 0 Å². The Morgan fingerprint density at radius 2 is 2.10 bits per heavy atom. The molecule has 6 nitrogen and oxygen atoms in total. The molecule has 0 unspecified atom stereocenters. The van der Waals surface area contributed by atoms with E-state index >= 15 is 0 Å². The first-order valence-electron chi connectivity index (χ1n) is 6.10. The minimum atomic E-state index is -4.52. The molecule has 9 heteroatoms. The van der Waals surface area contributed by atoms with Crippen LogP contribution in [0, 0.1) is 13.8 Å². The first-order chi connectivity index (χ1) is 9.68. The molecule has 0 aliphatic carbocycles. The van der Waals surface area contributed by atoms with E-state index in [9.17, 15) is 18.0 Å². The van der Waals surface area contributed by atoms with Gasteiger partial charge in [-0.15, -0.1) is 0 Å². The Morgan fingerprint density at radius 3 is 2.57 bits per heavy atom. The van der Waals surface area contributed by atoms with Crippen molar-refractivity contribution in [3.05, 3.63) is 28.7 Å². The van der Waals surface area contributed by atoms with E-state index in [1.54, 1.807) is 18.7 Å².